The Bertz CT molecular complexity index is 314. The van der Waals surface area contributed by atoms with E-state index in [0.717, 1.165) is 49.6 Å². The number of aliphatic carboxylic acids is 1. The molecule has 0 unspecified atom stereocenters. The SMILES string of the molecule is CC(C)CC/C(CCCCCBr)=N\OC(C)(C)C(=O)O. The number of hydrogen-bond acceptors (Lipinski definition) is 3. The van der Waals surface area contributed by atoms with Crippen LogP contribution < -0.4 is 0 Å². The van der Waals surface area contributed by atoms with Gasteiger partial charge in [0.05, 0.1) is 5.71 Å². The van der Waals surface area contributed by atoms with Gasteiger partial charge in [0.1, 0.15) is 0 Å². The van der Waals surface area contributed by atoms with Crippen LogP contribution in [0.1, 0.15) is 66.2 Å². The molecule has 0 aromatic heterocycles. The first-order chi connectivity index (χ1) is 9.29. The van der Waals surface area contributed by atoms with E-state index in [1.807, 2.05) is 0 Å². The van der Waals surface area contributed by atoms with Crippen LogP contribution in [0, 0.1) is 5.92 Å². The molecule has 4 nitrogen and oxygen atoms in total. The number of carboxylic acids is 1. The fraction of sp³-hybridized carbons (Fsp3) is 0.867. The molecule has 0 atom stereocenters. The maximum absolute atomic E-state index is 11.0. The average molecular weight is 350 g/mol. The Morgan fingerprint density at radius 3 is 2.40 bits per heavy atom. The van der Waals surface area contributed by atoms with Crippen molar-refractivity contribution in [2.75, 3.05) is 5.33 Å². The molecule has 0 aliphatic carbocycles. The van der Waals surface area contributed by atoms with Crippen molar-refractivity contribution in [1.82, 2.24) is 0 Å². The number of rotatable bonds is 11. The van der Waals surface area contributed by atoms with Crippen LogP contribution in [0.2, 0.25) is 0 Å². The second-order valence-corrected chi connectivity index (χ2v) is 6.79. The molecule has 0 saturated heterocycles. The fourth-order valence-corrected chi connectivity index (χ4v) is 1.89. The van der Waals surface area contributed by atoms with Crippen molar-refractivity contribution in [3.63, 3.8) is 0 Å². The molecule has 0 amide bonds. The van der Waals surface area contributed by atoms with Gasteiger partial charge in [0.2, 0.25) is 5.60 Å². The van der Waals surface area contributed by atoms with E-state index in [1.54, 1.807) is 0 Å². The summed E-state index contributed by atoms with van der Waals surface area (Å²) in [5.41, 5.74) is -0.290. The molecule has 5 heteroatoms. The molecule has 0 bridgehead atoms. The average Bonchev–Trinajstić information content (AvgIpc) is 2.36. The maximum atomic E-state index is 11.0. The minimum Gasteiger partial charge on any atom is -0.478 e. The van der Waals surface area contributed by atoms with Crippen LogP contribution in [0.15, 0.2) is 5.16 Å². The smallest absolute Gasteiger partial charge is 0.350 e. The van der Waals surface area contributed by atoms with Gasteiger partial charge in [0.25, 0.3) is 0 Å². The molecule has 118 valence electrons. The van der Waals surface area contributed by atoms with Crippen LogP contribution in [0.25, 0.3) is 0 Å². The summed E-state index contributed by atoms with van der Waals surface area (Å²) in [5, 5.41) is 14.2. The van der Waals surface area contributed by atoms with Crippen LogP contribution in [0.3, 0.4) is 0 Å². The Balaban J connectivity index is 4.45. The zero-order valence-electron chi connectivity index (χ0n) is 13.1. The van der Waals surface area contributed by atoms with Gasteiger partial charge in [-0.25, -0.2) is 4.79 Å². The summed E-state index contributed by atoms with van der Waals surface area (Å²) in [4.78, 5) is 16.2. The van der Waals surface area contributed by atoms with Gasteiger partial charge in [-0.15, -0.1) is 0 Å². The van der Waals surface area contributed by atoms with Crippen molar-refractivity contribution in [2.24, 2.45) is 11.1 Å². The second kappa shape index (κ2) is 10.2. The third-order valence-corrected chi connectivity index (χ3v) is 3.59. The van der Waals surface area contributed by atoms with E-state index in [2.05, 4.69) is 34.9 Å². The second-order valence-electron chi connectivity index (χ2n) is 6.00. The van der Waals surface area contributed by atoms with Crippen LogP contribution in [0.4, 0.5) is 0 Å². The number of alkyl halides is 1. The first-order valence-corrected chi connectivity index (χ1v) is 8.45. The third-order valence-electron chi connectivity index (χ3n) is 3.03. The van der Waals surface area contributed by atoms with E-state index >= 15 is 0 Å². The number of carbonyl (C=O) groups is 1. The van der Waals surface area contributed by atoms with Crippen molar-refractivity contribution in [1.29, 1.82) is 0 Å². The summed E-state index contributed by atoms with van der Waals surface area (Å²) < 4.78 is 0. The van der Waals surface area contributed by atoms with E-state index in [-0.39, 0.29) is 0 Å². The van der Waals surface area contributed by atoms with Crippen molar-refractivity contribution < 1.29 is 14.7 Å². The maximum Gasteiger partial charge on any atom is 0.350 e. The van der Waals surface area contributed by atoms with E-state index in [1.165, 1.54) is 13.8 Å². The number of oxime groups is 1. The number of nitrogens with zero attached hydrogens (tertiary/aromatic N) is 1. The number of halogens is 1. The largest absolute Gasteiger partial charge is 0.478 e. The highest BCUT2D eigenvalue weighted by atomic mass is 79.9. The summed E-state index contributed by atoms with van der Waals surface area (Å²) in [6, 6.07) is 0. The molecule has 1 N–H and O–H groups in total. The summed E-state index contributed by atoms with van der Waals surface area (Å²) in [6.45, 7) is 7.38. The molecule has 0 rings (SSSR count). The summed E-state index contributed by atoms with van der Waals surface area (Å²) in [7, 11) is 0. The van der Waals surface area contributed by atoms with E-state index in [4.69, 9.17) is 9.94 Å². The van der Waals surface area contributed by atoms with E-state index in [9.17, 15) is 4.79 Å². The van der Waals surface area contributed by atoms with Gasteiger partial charge >= 0.3 is 5.97 Å². The van der Waals surface area contributed by atoms with Crippen molar-refractivity contribution >= 4 is 27.6 Å². The first kappa shape index (κ1) is 19.4. The normalized spacial score (nSPS) is 12.8. The third kappa shape index (κ3) is 9.34. The monoisotopic (exact) mass is 349 g/mol. The van der Waals surface area contributed by atoms with Crippen LogP contribution in [-0.4, -0.2) is 27.7 Å². The van der Waals surface area contributed by atoms with Crippen molar-refractivity contribution in [3.05, 3.63) is 0 Å². The molecule has 0 aromatic rings. The Morgan fingerprint density at radius 2 is 1.90 bits per heavy atom. The standard InChI is InChI=1S/C15H28BrNO3/c1-12(2)9-10-13(8-6-5-7-11-16)17-20-15(3,4)14(18)19/h12H,5-11H2,1-4H3,(H,18,19)/b17-13-. The molecule has 0 aromatic carbocycles. The first-order valence-electron chi connectivity index (χ1n) is 7.33. The van der Waals surface area contributed by atoms with Gasteiger partial charge in [-0.05, 0) is 51.9 Å². The lowest BCUT2D eigenvalue weighted by Gasteiger charge is -2.18. The van der Waals surface area contributed by atoms with Gasteiger partial charge in [0.15, 0.2) is 0 Å². The van der Waals surface area contributed by atoms with Crippen molar-refractivity contribution in [2.45, 2.75) is 71.8 Å². The van der Waals surface area contributed by atoms with Gasteiger partial charge in [0, 0.05) is 5.33 Å². The van der Waals surface area contributed by atoms with Crippen LogP contribution in [0.5, 0.6) is 0 Å². The minimum atomic E-state index is -1.26. The lowest BCUT2D eigenvalue weighted by molar-refractivity contribution is -0.161. The molecular formula is C15H28BrNO3. The summed E-state index contributed by atoms with van der Waals surface area (Å²) in [5.74, 6) is -0.390. The molecule has 0 saturated carbocycles. The fourth-order valence-electron chi connectivity index (χ4n) is 1.49. The van der Waals surface area contributed by atoms with Crippen LogP contribution >= 0.6 is 15.9 Å². The molecule has 0 heterocycles. The highest BCUT2D eigenvalue weighted by Crippen LogP contribution is 2.14. The van der Waals surface area contributed by atoms with Gasteiger partial charge in [-0.1, -0.05) is 41.4 Å². The Labute approximate surface area is 131 Å². The van der Waals surface area contributed by atoms with Crippen molar-refractivity contribution in [3.8, 4) is 0 Å². The number of hydrogen-bond donors (Lipinski definition) is 1. The summed E-state index contributed by atoms with van der Waals surface area (Å²) >= 11 is 3.42. The zero-order valence-corrected chi connectivity index (χ0v) is 14.7. The molecule has 0 aliphatic rings. The molecular weight excluding hydrogens is 322 g/mol. The Morgan fingerprint density at radius 1 is 1.25 bits per heavy atom. The highest BCUT2D eigenvalue weighted by molar-refractivity contribution is 9.09. The number of carboxylic acid groups (broad SMARTS) is 1. The lowest BCUT2D eigenvalue weighted by Crippen LogP contribution is -2.33. The van der Waals surface area contributed by atoms with E-state index < -0.39 is 11.6 Å². The minimum absolute atomic E-state index is 0.607. The molecule has 0 spiro atoms. The molecule has 0 radical (unpaired) electrons. The predicted octanol–water partition coefficient (Wildman–Crippen LogP) is 4.61. The van der Waals surface area contributed by atoms with Gasteiger partial charge < -0.3 is 9.94 Å². The topological polar surface area (TPSA) is 58.9 Å². The van der Waals surface area contributed by atoms with Gasteiger partial charge in [-0.2, -0.15) is 0 Å². The Kier molecular flexibility index (Phi) is 9.90. The zero-order chi connectivity index (χ0) is 15.6. The molecule has 20 heavy (non-hydrogen) atoms. The number of unbranched alkanes of at least 4 members (excludes halogenated alkanes) is 2. The molecule has 0 fully saturated rings. The Hall–Kier alpha value is -0.580. The highest BCUT2D eigenvalue weighted by Gasteiger charge is 2.29. The lowest BCUT2D eigenvalue weighted by atomic mass is 10.0. The van der Waals surface area contributed by atoms with Crippen LogP contribution in [-0.2, 0) is 9.63 Å². The quantitative estimate of drug-likeness (QED) is 0.256. The summed E-state index contributed by atoms with van der Waals surface area (Å²) in [6.07, 6.45) is 6.18. The molecule has 0 aliphatic heterocycles. The van der Waals surface area contributed by atoms with E-state index in [0.29, 0.717) is 5.92 Å². The predicted molar refractivity (Wildman–Crippen MR) is 86.6 cm³/mol. The van der Waals surface area contributed by atoms with Gasteiger partial charge in [-0.3, -0.25) is 0 Å².